The van der Waals surface area contributed by atoms with Crippen LogP contribution in [-0.4, -0.2) is 15.2 Å². The van der Waals surface area contributed by atoms with E-state index in [2.05, 4.69) is 27.4 Å². The van der Waals surface area contributed by atoms with E-state index in [1.54, 1.807) is 0 Å². The number of aromatic nitrogens is 3. The number of hydrogen-bond donors (Lipinski definition) is 2. The Bertz CT molecular complexity index is 407. The first-order valence-corrected chi connectivity index (χ1v) is 5.56. The van der Waals surface area contributed by atoms with Crippen LogP contribution in [-0.2, 0) is 13.0 Å². The molecule has 86 valence electrons. The number of rotatable bonds is 6. The lowest BCUT2D eigenvalue weighted by Gasteiger charge is -1.97. The molecule has 0 spiro atoms. The summed E-state index contributed by atoms with van der Waals surface area (Å²) in [6, 6.07) is 2.49. The molecule has 0 aromatic carbocycles. The quantitative estimate of drug-likeness (QED) is 0.784. The lowest BCUT2D eigenvalue weighted by Crippen LogP contribution is -1.97. The van der Waals surface area contributed by atoms with Crippen LogP contribution >= 0.6 is 0 Å². The van der Waals surface area contributed by atoms with E-state index in [1.165, 1.54) is 0 Å². The molecule has 0 unspecified atom stereocenters. The second-order valence-electron chi connectivity index (χ2n) is 3.68. The van der Waals surface area contributed by atoms with E-state index in [1.807, 2.05) is 18.5 Å². The van der Waals surface area contributed by atoms with Crippen LogP contribution in [0.5, 0.6) is 0 Å². The molecule has 0 saturated heterocycles. The molecule has 5 heteroatoms. The Morgan fingerprint density at radius 3 is 3.12 bits per heavy atom. The molecule has 0 bridgehead atoms. The molecule has 2 aromatic rings. The van der Waals surface area contributed by atoms with Crippen molar-refractivity contribution in [3.05, 3.63) is 29.9 Å². The molecule has 0 radical (unpaired) electrons. The summed E-state index contributed by atoms with van der Waals surface area (Å²) in [5.74, 6) is 0.707. The number of nitrogens with zero attached hydrogens (tertiary/aromatic N) is 2. The Morgan fingerprint density at radius 1 is 1.44 bits per heavy atom. The molecule has 0 aliphatic heterocycles. The van der Waals surface area contributed by atoms with Gasteiger partial charge in [-0.15, -0.1) is 5.10 Å². The van der Waals surface area contributed by atoms with Crippen molar-refractivity contribution >= 4 is 6.01 Å². The van der Waals surface area contributed by atoms with Crippen molar-refractivity contribution in [2.45, 2.75) is 32.7 Å². The van der Waals surface area contributed by atoms with Gasteiger partial charge in [-0.2, -0.15) is 0 Å². The highest BCUT2D eigenvalue weighted by Crippen LogP contribution is 2.09. The fraction of sp³-hybridized carbons (Fsp3) is 0.455. The van der Waals surface area contributed by atoms with Crippen molar-refractivity contribution in [3.8, 4) is 0 Å². The fourth-order valence-electron chi connectivity index (χ4n) is 1.40. The lowest BCUT2D eigenvalue weighted by molar-refractivity contribution is 0.495. The predicted octanol–water partition coefficient (Wildman–Crippen LogP) is 2.35. The van der Waals surface area contributed by atoms with Crippen LogP contribution in [0.15, 0.2) is 22.9 Å². The van der Waals surface area contributed by atoms with E-state index in [0.717, 1.165) is 24.8 Å². The van der Waals surface area contributed by atoms with E-state index >= 15 is 0 Å². The van der Waals surface area contributed by atoms with E-state index < -0.39 is 0 Å². The molecule has 16 heavy (non-hydrogen) atoms. The molecule has 0 fully saturated rings. The third-order valence-electron chi connectivity index (χ3n) is 2.32. The van der Waals surface area contributed by atoms with Gasteiger partial charge in [-0.25, -0.2) is 0 Å². The molecule has 0 aliphatic rings. The summed E-state index contributed by atoms with van der Waals surface area (Å²) >= 11 is 0. The number of aromatic amines is 1. The van der Waals surface area contributed by atoms with Crippen LogP contribution in [0.25, 0.3) is 0 Å². The number of unbranched alkanes of at least 4 members (excludes halogenated alkanes) is 1. The smallest absolute Gasteiger partial charge is 0.315 e. The minimum absolute atomic E-state index is 0.493. The van der Waals surface area contributed by atoms with Gasteiger partial charge in [0.15, 0.2) is 0 Å². The average molecular weight is 220 g/mol. The normalized spacial score (nSPS) is 10.6. The van der Waals surface area contributed by atoms with Crippen LogP contribution < -0.4 is 5.32 Å². The van der Waals surface area contributed by atoms with E-state index in [9.17, 15) is 0 Å². The first kappa shape index (κ1) is 10.7. The zero-order valence-electron chi connectivity index (χ0n) is 9.36. The third kappa shape index (κ3) is 2.85. The number of nitrogens with one attached hydrogen (secondary N) is 2. The Balaban J connectivity index is 1.83. The van der Waals surface area contributed by atoms with Crippen molar-refractivity contribution < 1.29 is 4.42 Å². The predicted molar refractivity (Wildman–Crippen MR) is 61.0 cm³/mol. The van der Waals surface area contributed by atoms with Crippen LogP contribution in [0.2, 0.25) is 0 Å². The number of anilines is 1. The molecule has 0 amide bonds. The summed E-state index contributed by atoms with van der Waals surface area (Å²) in [6.45, 7) is 2.83. The second-order valence-corrected chi connectivity index (χ2v) is 3.68. The lowest BCUT2D eigenvalue weighted by atomic mass is 10.2. The molecule has 0 atom stereocenters. The van der Waals surface area contributed by atoms with E-state index in [0.29, 0.717) is 18.5 Å². The minimum Gasteiger partial charge on any atom is -0.408 e. The largest absolute Gasteiger partial charge is 0.408 e. The third-order valence-corrected chi connectivity index (χ3v) is 2.32. The van der Waals surface area contributed by atoms with Gasteiger partial charge in [-0.1, -0.05) is 18.4 Å². The first-order chi connectivity index (χ1) is 7.88. The zero-order valence-corrected chi connectivity index (χ0v) is 9.36. The number of H-pyrrole nitrogens is 1. The van der Waals surface area contributed by atoms with Crippen LogP contribution in [0.4, 0.5) is 6.01 Å². The van der Waals surface area contributed by atoms with E-state index in [4.69, 9.17) is 4.42 Å². The maximum Gasteiger partial charge on any atom is 0.315 e. The van der Waals surface area contributed by atoms with Gasteiger partial charge in [0.05, 0.1) is 0 Å². The molecule has 0 saturated carbocycles. The molecule has 2 aromatic heterocycles. The van der Waals surface area contributed by atoms with Gasteiger partial charge in [0, 0.05) is 25.4 Å². The van der Waals surface area contributed by atoms with Gasteiger partial charge in [0.1, 0.15) is 0 Å². The highest BCUT2D eigenvalue weighted by molar-refractivity contribution is 5.21. The van der Waals surface area contributed by atoms with Crippen LogP contribution in [0.1, 0.15) is 31.2 Å². The Hall–Kier alpha value is -1.78. The second kappa shape index (κ2) is 5.34. The highest BCUT2D eigenvalue weighted by atomic mass is 16.4. The van der Waals surface area contributed by atoms with Gasteiger partial charge in [-0.3, -0.25) is 0 Å². The summed E-state index contributed by atoms with van der Waals surface area (Å²) in [4.78, 5) is 2.99. The number of hydrogen-bond acceptors (Lipinski definition) is 4. The molecule has 5 nitrogen and oxygen atoms in total. The van der Waals surface area contributed by atoms with Gasteiger partial charge >= 0.3 is 6.01 Å². The molecule has 0 aliphatic carbocycles. The van der Waals surface area contributed by atoms with E-state index in [-0.39, 0.29) is 0 Å². The summed E-state index contributed by atoms with van der Waals surface area (Å²) in [5.41, 5.74) is 1.16. The molecular weight excluding hydrogens is 204 g/mol. The van der Waals surface area contributed by atoms with Crippen molar-refractivity contribution in [3.63, 3.8) is 0 Å². The topological polar surface area (TPSA) is 66.7 Å². The van der Waals surface area contributed by atoms with Gasteiger partial charge in [0.25, 0.3) is 0 Å². The average Bonchev–Trinajstić information content (AvgIpc) is 2.95. The molecule has 2 rings (SSSR count). The summed E-state index contributed by atoms with van der Waals surface area (Å²) in [5, 5.41) is 11.0. The fourth-order valence-corrected chi connectivity index (χ4v) is 1.40. The van der Waals surface area contributed by atoms with Crippen molar-refractivity contribution in [2.75, 3.05) is 5.32 Å². The Labute approximate surface area is 94.3 Å². The van der Waals surface area contributed by atoms with Crippen LogP contribution in [0, 0.1) is 0 Å². The maximum atomic E-state index is 5.44. The Morgan fingerprint density at radius 2 is 2.38 bits per heavy atom. The molecular formula is C11H16N4O. The molecule has 2 heterocycles. The monoisotopic (exact) mass is 220 g/mol. The first-order valence-electron chi connectivity index (χ1n) is 5.56. The highest BCUT2D eigenvalue weighted by Gasteiger charge is 2.04. The van der Waals surface area contributed by atoms with Gasteiger partial charge in [0.2, 0.25) is 5.89 Å². The minimum atomic E-state index is 0.493. The van der Waals surface area contributed by atoms with Gasteiger partial charge in [-0.05, 0) is 18.1 Å². The maximum absolute atomic E-state index is 5.44. The van der Waals surface area contributed by atoms with Crippen molar-refractivity contribution in [1.29, 1.82) is 0 Å². The standard InChI is InChI=1S/C11H16N4O/c1-2-3-4-10-14-15-11(16-10)13-8-9-5-6-12-7-9/h5-7,12H,2-4,8H2,1H3,(H,13,15). The van der Waals surface area contributed by atoms with Crippen molar-refractivity contribution in [1.82, 2.24) is 15.2 Å². The van der Waals surface area contributed by atoms with Crippen LogP contribution in [0.3, 0.4) is 0 Å². The summed E-state index contributed by atoms with van der Waals surface area (Å²) < 4.78 is 5.44. The SMILES string of the molecule is CCCCc1nnc(NCc2cc[nH]c2)o1. The summed E-state index contributed by atoms with van der Waals surface area (Å²) in [6.07, 6.45) is 6.89. The zero-order chi connectivity index (χ0) is 11.2. The van der Waals surface area contributed by atoms with Crippen molar-refractivity contribution in [2.24, 2.45) is 0 Å². The summed E-state index contributed by atoms with van der Waals surface area (Å²) in [7, 11) is 0. The number of aryl methyl sites for hydroxylation is 1. The Kier molecular flexibility index (Phi) is 3.58. The molecule has 2 N–H and O–H groups in total. The van der Waals surface area contributed by atoms with Gasteiger partial charge < -0.3 is 14.7 Å².